The van der Waals surface area contributed by atoms with Crippen LogP contribution in [0.2, 0.25) is 0 Å². The van der Waals surface area contributed by atoms with Gasteiger partial charge in [0.25, 0.3) is 0 Å². The number of aromatic hydroxyl groups is 1. The van der Waals surface area contributed by atoms with Gasteiger partial charge in [-0.3, -0.25) is 0 Å². The van der Waals surface area contributed by atoms with Crippen molar-refractivity contribution in [1.82, 2.24) is 5.32 Å². The van der Waals surface area contributed by atoms with Gasteiger partial charge in [-0.05, 0) is 57.9 Å². The molecule has 1 aromatic heterocycles. The lowest BCUT2D eigenvalue weighted by atomic mass is 9.96. The van der Waals surface area contributed by atoms with Crippen LogP contribution in [0.4, 0.5) is 0 Å². The molecule has 3 N–H and O–H groups in total. The molecule has 1 unspecified atom stereocenters. The normalized spacial score (nSPS) is 14.1. The molecule has 0 aliphatic rings. The number of phenols is 1. The molecule has 4 nitrogen and oxygen atoms in total. The average Bonchev–Trinajstić information content (AvgIpc) is 2.75. The maximum atomic E-state index is 10.6. The minimum Gasteiger partial charge on any atom is -0.508 e. The third-order valence-corrected chi connectivity index (χ3v) is 4.10. The van der Waals surface area contributed by atoms with Crippen LogP contribution < -0.4 is 5.32 Å². The number of hydrogen-bond donors (Lipinski definition) is 3. The molecule has 2 rings (SSSR count). The number of aliphatic hydroxyl groups is 1. The Balaban J connectivity index is 2.04. The van der Waals surface area contributed by atoms with Crippen LogP contribution in [0.5, 0.6) is 5.75 Å². The van der Waals surface area contributed by atoms with Gasteiger partial charge in [0.2, 0.25) is 0 Å². The van der Waals surface area contributed by atoms with Crippen LogP contribution in [0, 0.1) is 27.7 Å². The average molecular weight is 303 g/mol. The van der Waals surface area contributed by atoms with E-state index in [0.29, 0.717) is 13.1 Å². The fourth-order valence-electron chi connectivity index (χ4n) is 2.70. The Bertz CT molecular complexity index is 671. The fraction of sp³-hybridized carbons (Fsp3) is 0.444. The predicted octanol–water partition coefficient (Wildman–Crippen LogP) is 3.22. The third kappa shape index (κ3) is 3.51. The molecule has 120 valence electrons. The van der Waals surface area contributed by atoms with Crippen molar-refractivity contribution >= 4 is 0 Å². The molecule has 1 atom stereocenters. The van der Waals surface area contributed by atoms with E-state index in [0.717, 1.165) is 33.8 Å². The van der Waals surface area contributed by atoms with Gasteiger partial charge in [0.05, 0.1) is 0 Å². The zero-order chi connectivity index (χ0) is 16.5. The molecule has 0 aliphatic carbocycles. The van der Waals surface area contributed by atoms with Crippen LogP contribution >= 0.6 is 0 Å². The summed E-state index contributed by atoms with van der Waals surface area (Å²) in [5.41, 5.74) is 2.82. The summed E-state index contributed by atoms with van der Waals surface area (Å²) in [6, 6.07) is 5.61. The number of nitrogens with one attached hydrogen (secondary N) is 1. The van der Waals surface area contributed by atoms with Crippen molar-refractivity contribution < 1.29 is 14.6 Å². The molecule has 22 heavy (non-hydrogen) atoms. The van der Waals surface area contributed by atoms with Crippen molar-refractivity contribution in [2.75, 3.05) is 6.54 Å². The highest BCUT2D eigenvalue weighted by molar-refractivity contribution is 5.40. The lowest BCUT2D eigenvalue weighted by Crippen LogP contribution is -2.35. The first-order valence-electron chi connectivity index (χ1n) is 7.50. The Morgan fingerprint density at radius 2 is 1.73 bits per heavy atom. The van der Waals surface area contributed by atoms with E-state index in [9.17, 15) is 10.2 Å². The van der Waals surface area contributed by atoms with E-state index >= 15 is 0 Å². The van der Waals surface area contributed by atoms with E-state index in [4.69, 9.17) is 4.42 Å². The second kappa shape index (κ2) is 6.15. The smallest absolute Gasteiger partial charge is 0.120 e. The minimum atomic E-state index is -1.02. The first-order chi connectivity index (χ1) is 10.2. The zero-order valence-corrected chi connectivity index (χ0v) is 13.9. The van der Waals surface area contributed by atoms with Gasteiger partial charge in [-0.25, -0.2) is 0 Å². The monoisotopic (exact) mass is 303 g/mol. The second-order valence-corrected chi connectivity index (χ2v) is 6.27. The van der Waals surface area contributed by atoms with Crippen LogP contribution in [0.15, 0.2) is 22.6 Å². The quantitative estimate of drug-likeness (QED) is 0.793. The topological polar surface area (TPSA) is 65.6 Å². The van der Waals surface area contributed by atoms with Gasteiger partial charge in [-0.15, -0.1) is 0 Å². The maximum absolute atomic E-state index is 10.6. The van der Waals surface area contributed by atoms with Crippen molar-refractivity contribution in [2.45, 2.75) is 46.8 Å². The summed E-state index contributed by atoms with van der Waals surface area (Å²) >= 11 is 0. The van der Waals surface area contributed by atoms with Crippen LogP contribution in [0.3, 0.4) is 0 Å². The summed E-state index contributed by atoms with van der Waals surface area (Å²) in [7, 11) is 0. The van der Waals surface area contributed by atoms with Gasteiger partial charge in [-0.2, -0.15) is 0 Å². The molecule has 0 aliphatic heterocycles. The highest BCUT2D eigenvalue weighted by Gasteiger charge is 2.27. The van der Waals surface area contributed by atoms with E-state index in [-0.39, 0.29) is 5.75 Å². The Labute approximate surface area is 131 Å². The number of benzene rings is 1. The third-order valence-electron chi connectivity index (χ3n) is 4.10. The van der Waals surface area contributed by atoms with Gasteiger partial charge in [0, 0.05) is 24.2 Å². The van der Waals surface area contributed by atoms with Crippen molar-refractivity contribution in [2.24, 2.45) is 0 Å². The molecule has 0 amide bonds. The lowest BCUT2D eigenvalue weighted by Gasteiger charge is -2.23. The summed E-state index contributed by atoms with van der Waals surface area (Å²) in [5.74, 6) is 1.81. The summed E-state index contributed by atoms with van der Waals surface area (Å²) < 4.78 is 5.49. The SMILES string of the molecule is Cc1cc(C(C)(O)CNCc2cc(C)c(C)cc2O)c(C)o1. The van der Waals surface area contributed by atoms with E-state index < -0.39 is 5.60 Å². The predicted molar refractivity (Wildman–Crippen MR) is 87.0 cm³/mol. The number of rotatable bonds is 5. The van der Waals surface area contributed by atoms with Crippen molar-refractivity contribution in [3.8, 4) is 5.75 Å². The van der Waals surface area contributed by atoms with Crippen molar-refractivity contribution in [1.29, 1.82) is 0 Å². The molecule has 0 radical (unpaired) electrons. The molecule has 0 saturated carbocycles. The Kier molecular flexibility index (Phi) is 4.63. The number of phenolic OH excluding ortho intramolecular Hbond substituents is 1. The highest BCUT2D eigenvalue weighted by atomic mass is 16.3. The maximum Gasteiger partial charge on any atom is 0.120 e. The van der Waals surface area contributed by atoms with Crippen LogP contribution in [-0.2, 0) is 12.1 Å². The van der Waals surface area contributed by atoms with Crippen LogP contribution in [0.25, 0.3) is 0 Å². The summed E-state index contributed by atoms with van der Waals surface area (Å²) in [5, 5.41) is 23.8. The molecule has 2 aromatic rings. The van der Waals surface area contributed by atoms with E-state index in [1.165, 1.54) is 0 Å². The molecule has 0 bridgehead atoms. The first-order valence-corrected chi connectivity index (χ1v) is 7.50. The fourth-order valence-corrected chi connectivity index (χ4v) is 2.70. The van der Waals surface area contributed by atoms with Crippen molar-refractivity contribution in [3.05, 3.63) is 52.0 Å². The Morgan fingerprint density at radius 3 is 2.32 bits per heavy atom. The summed E-state index contributed by atoms with van der Waals surface area (Å²) in [6.45, 7) is 10.3. The van der Waals surface area contributed by atoms with E-state index in [1.54, 1.807) is 13.0 Å². The molecule has 0 fully saturated rings. The van der Waals surface area contributed by atoms with Gasteiger partial charge in [0.1, 0.15) is 22.9 Å². The second-order valence-electron chi connectivity index (χ2n) is 6.27. The van der Waals surface area contributed by atoms with Gasteiger partial charge in [0.15, 0.2) is 0 Å². The summed E-state index contributed by atoms with van der Waals surface area (Å²) in [6.07, 6.45) is 0. The molecular formula is C18H25NO3. The molecule has 4 heteroatoms. The molecule has 0 saturated heterocycles. The van der Waals surface area contributed by atoms with Gasteiger partial charge >= 0.3 is 0 Å². The Hall–Kier alpha value is -1.78. The molecule has 1 aromatic carbocycles. The Morgan fingerprint density at radius 1 is 1.09 bits per heavy atom. The van der Waals surface area contributed by atoms with Gasteiger partial charge in [-0.1, -0.05) is 6.07 Å². The summed E-state index contributed by atoms with van der Waals surface area (Å²) in [4.78, 5) is 0. The number of furan rings is 1. The zero-order valence-electron chi connectivity index (χ0n) is 13.9. The van der Waals surface area contributed by atoms with Gasteiger partial charge < -0.3 is 19.9 Å². The van der Waals surface area contributed by atoms with Crippen LogP contribution in [-0.4, -0.2) is 16.8 Å². The number of aryl methyl sites for hydroxylation is 4. The van der Waals surface area contributed by atoms with E-state index in [2.05, 4.69) is 5.32 Å². The van der Waals surface area contributed by atoms with Crippen molar-refractivity contribution in [3.63, 3.8) is 0 Å². The molecular weight excluding hydrogens is 278 g/mol. The van der Waals surface area contributed by atoms with E-state index in [1.807, 2.05) is 39.8 Å². The number of hydrogen-bond acceptors (Lipinski definition) is 4. The molecule has 1 heterocycles. The largest absolute Gasteiger partial charge is 0.508 e. The lowest BCUT2D eigenvalue weighted by molar-refractivity contribution is 0.0551. The molecule has 0 spiro atoms. The van der Waals surface area contributed by atoms with Crippen LogP contribution in [0.1, 0.15) is 40.7 Å². The highest BCUT2D eigenvalue weighted by Crippen LogP contribution is 2.27. The minimum absolute atomic E-state index is 0.283. The standard InChI is InChI=1S/C18H25NO3/c1-11-6-15(17(20)7-12(11)2)9-19-10-18(5,21)16-8-13(3)22-14(16)4/h6-8,19-21H,9-10H2,1-5H3. The first kappa shape index (κ1) is 16.6.